The van der Waals surface area contributed by atoms with Crippen LogP contribution in [0.25, 0.3) is 0 Å². The highest BCUT2D eigenvalue weighted by Gasteiger charge is 2.41. The van der Waals surface area contributed by atoms with Crippen LogP contribution in [0.3, 0.4) is 0 Å². The van der Waals surface area contributed by atoms with Crippen molar-refractivity contribution >= 4 is 17.8 Å². The van der Waals surface area contributed by atoms with E-state index >= 15 is 0 Å². The molecule has 0 aromatic rings. The maximum absolute atomic E-state index is 12.7. The highest BCUT2D eigenvalue weighted by atomic mass is 32.2. The molecule has 2 aliphatic heterocycles. The van der Waals surface area contributed by atoms with Crippen LogP contribution in [0.2, 0.25) is 0 Å². The molecule has 2 rings (SSSR count). The fourth-order valence-corrected chi connectivity index (χ4v) is 3.71. The van der Waals surface area contributed by atoms with Crippen LogP contribution in [0.5, 0.6) is 0 Å². The number of halogens is 3. The van der Waals surface area contributed by atoms with Gasteiger partial charge in [-0.3, -0.25) is 4.90 Å². The number of carbonyl (C=O) groups is 1. The summed E-state index contributed by atoms with van der Waals surface area (Å²) in [7, 11) is 0. The van der Waals surface area contributed by atoms with E-state index in [1.54, 1.807) is 4.90 Å². The van der Waals surface area contributed by atoms with E-state index in [9.17, 15) is 18.0 Å². The third-order valence-electron chi connectivity index (χ3n) is 4.11. The van der Waals surface area contributed by atoms with E-state index in [1.165, 1.54) is 11.8 Å². The molecule has 0 unspecified atom stereocenters. The first-order valence-electron chi connectivity index (χ1n) is 7.32. The number of hydrogen-bond donors (Lipinski definition) is 1. The molecule has 8 heteroatoms. The van der Waals surface area contributed by atoms with Crippen molar-refractivity contribution in [1.29, 1.82) is 0 Å². The van der Waals surface area contributed by atoms with Crippen molar-refractivity contribution in [3.63, 3.8) is 0 Å². The summed E-state index contributed by atoms with van der Waals surface area (Å²) in [6.45, 7) is 2.42. The molecule has 0 aliphatic carbocycles. The normalized spacial score (nSPS) is 26.5. The summed E-state index contributed by atoms with van der Waals surface area (Å²) in [4.78, 5) is 15.1. The Labute approximate surface area is 127 Å². The maximum atomic E-state index is 12.7. The summed E-state index contributed by atoms with van der Waals surface area (Å²) < 4.78 is 38.0. The summed E-state index contributed by atoms with van der Waals surface area (Å²) in [5, 5.41) is 2.99. The Kier molecular flexibility index (Phi) is 5.65. The van der Waals surface area contributed by atoms with Crippen LogP contribution < -0.4 is 5.32 Å². The minimum Gasteiger partial charge on any atom is -0.334 e. The maximum Gasteiger partial charge on any atom is 0.403 e. The Balaban J connectivity index is 1.76. The zero-order valence-corrected chi connectivity index (χ0v) is 13.0. The molecule has 2 fully saturated rings. The number of nitrogens with zero attached hydrogens (tertiary/aromatic N) is 2. The van der Waals surface area contributed by atoms with Gasteiger partial charge in [0, 0.05) is 38.0 Å². The summed E-state index contributed by atoms with van der Waals surface area (Å²) in [6, 6.07) is -1.39. The van der Waals surface area contributed by atoms with Gasteiger partial charge >= 0.3 is 12.2 Å². The second kappa shape index (κ2) is 7.09. The highest BCUT2D eigenvalue weighted by molar-refractivity contribution is 7.99. The van der Waals surface area contributed by atoms with Gasteiger partial charge < -0.3 is 10.2 Å². The van der Waals surface area contributed by atoms with Crippen LogP contribution in [0.1, 0.15) is 19.8 Å². The van der Waals surface area contributed by atoms with Crippen molar-refractivity contribution in [2.45, 2.75) is 38.0 Å². The lowest BCUT2D eigenvalue weighted by molar-refractivity contribution is -0.181. The molecular formula is C13H22F3N3OS. The Hall–Kier alpha value is -0.630. The third-order valence-corrected chi connectivity index (χ3v) is 5.33. The SMILES string of the molecule is C[C@H](N1CCN(C(=O)N[C@@H]2CCCSC2)CC1)C(F)(F)F. The molecule has 2 heterocycles. The summed E-state index contributed by atoms with van der Waals surface area (Å²) in [6.07, 6.45) is -2.11. The average Bonchev–Trinajstić information content (AvgIpc) is 2.46. The van der Waals surface area contributed by atoms with Crippen molar-refractivity contribution in [2.24, 2.45) is 0 Å². The number of nitrogens with one attached hydrogen (secondary N) is 1. The Morgan fingerprint density at radius 3 is 2.48 bits per heavy atom. The molecule has 2 aliphatic rings. The van der Waals surface area contributed by atoms with Gasteiger partial charge in [-0.15, -0.1) is 0 Å². The molecule has 0 spiro atoms. The Morgan fingerprint density at radius 1 is 1.29 bits per heavy atom. The number of thioether (sulfide) groups is 1. The largest absolute Gasteiger partial charge is 0.403 e. The van der Waals surface area contributed by atoms with Crippen molar-refractivity contribution in [2.75, 3.05) is 37.7 Å². The topological polar surface area (TPSA) is 35.6 Å². The molecule has 0 aromatic carbocycles. The average molecular weight is 325 g/mol. The minimum atomic E-state index is -4.20. The summed E-state index contributed by atoms with van der Waals surface area (Å²) in [5.74, 6) is 2.07. The number of alkyl halides is 3. The van der Waals surface area contributed by atoms with Crippen molar-refractivity contribution < 1.29 is 18.0 Å². The number of piperazine rings is 1. The first kappa shape index (κ1) is 16.7. The number of rotatable bonds is 2. The van der Waals surface area contributed by atoms with Crippen LogP contribution in [-0.4, -0.2) is 71.8 Å². The number of urea groups is 1. The molecule has 21 heavy (non-hydrogen) atoms. The Bertz CT molecular complexity index is 353. The van der Waals surface area contributed by atoms with E-state index in [2.05, 4.69) is 5.32 Å². The fraction of sp³-hybridized carbons (Fsp3) is 0.923. The van der Waals surface area contributed by atoms with E-state index in [0.717, 1.165) is 24.3 Å². The quantitative estimate of drug-likeness (QED) is 0.845. The van der Waals surface area contributed by atoms with Gasteiger partial charge in [-0.2, -0.15) is 24.9 Å². The third kappa shape index (κ3) is 4.67. The second-order valence-electron chi connectivity index (χ2n) is 5.60. The molecule has 2 atom stereocenters. The van der Waals surface area contributed by atoms with E-state index in [4.69, 9.17) is 0 Å². The lowest BCUT2D eigenvalue weighted by Crippen LogP contribution is -2.57. The fourth-order valence-electron chi connectivity index (χ4n) is 2.64. The first-order valence-corrected chi connectivity index (χ1v) is 8.47. The van der Waals surface area contributed by atoms with Crippen LogP contribution in [-0.2, 0) is 0 Å². The molecule has 2 amide bonds. The van der Waals surface area contributed by atoms with Crippen molar-refractivity contribution in [3.8, 4) is 0 Å². The molecule has 0 saturated carbocycles. The number of carbonyl (C=O) groups excluding carboxylic acids is 1. The van der Waals surface area contributed by atoms with E-state index in [-0.39, 0.29) is 25.2 Å². The summed E-state index contributed by atoms with van der Waals surface area (Å²) in [5.41, 5.74) is 0. The van der Waals surface area contributed by atoms with Crippen molar-refractivity contribution in [1.82, 2.24) is 15.1 Å². The van der Waals surface area contributed by atoms with Gasteiger partial charge in [0.05, 0.1) is 0 Å². The highest BCUT2D eigenvalue weighted by Crippen LogP contribution is 2.25. The van der Waals surface area contributed by atoms with Crippen molar-refractivity contribution in [3.05, 3.63) is 0 Å². The summed E-state index contributed by atoms with van der Waals surface area (Å²) >= 11 is 1.83. The van der Waals surface area contributed by atoms with Crippen LogP contribution in [0.15, 0.2) is 0 Å². The van der Waals surface area contributed by atoms with E-state index < -0.39 is 12.2 Å². The zero-order chi connectivity index (χ0) is 15.5. The zero-order valence-electron chi connectivity index (χ0n) is 12.2. The van der Waals surface area contributed by atoms with Crippen LogP contribution in [0.4, 0.5) is 18.0 Å². The van der Waals surface area contributed by atoms with Gasteiger partial charge in [0.15, 0.2) is 0 Å². The molecular weight excluding hydrogens is 303 g/mol. The monoisotopic (exact) mass is 325 g/mol. The van der Waals surface area contributed by atoms with E-state index in [1.807, 2.05) is 11.8 Å². The van der Waals surface area contributed by atoms with Gasteiger partial charge in [-0.25, -0.2) is 4.79 Å². The first-order chi connectivity index (χ1) is 9.88. The molecule has 0 aromatic heterocycles. The standard InChI is InChI=1S/C13H22F3N3OS/c1-10(13(14,15)16)18-4-6-19(7-5-18)12(20)17-11-3-2-8-21-9-11/h10-11H,2-9H2,1H3,(H,17,20)/t10-,11+/m0/s1. The molecule has 2 saturated heterocycles. The van der Waals surface area contributed by atoms with Gasteiger partial charge in [-0.05, 0) is 25.5 Å². The second-order valence-corrected chi connectivity index (χ2v) is 6.75. The molecule has 4 nitrogen and oxygen atoms in total. The van der Waals surface area contributed by atoms with Gasteiger partial charge in [0.2, 0.25) is 0 Å². The molecule has 0 radical (unpaired) electrons. The van der Waals surface area contributed by atoms with Gasteiger partial charge in [0.1, 0.15) is 6.04 Å². The predicted molar refractivity (Wildman–Crippen MR) is 77.5 cm³/mol. The number of hydrogen-bond acceptors (Lipinski definition) is 3. The van der Waals surface area contributed by atoms with Gasteiger partial charge in [-0.1, -0.05) is 0 Å². The van der Waals surface area contributed by atoms with E-state index in [0.29, 0.717) is 13.1 Å². The lowest BCUT2D eigenvalue weighted by Gasteiger charge is -2.39. The smallest absolute Gasteiger partial charge is 0.334 e. The molecule has 122 valence electrons. The van der Waals surface area contributed by atoms with Crippen LogP contribution >= 0.6 is 11.8 Å². The Morgan fingerprint density at radius 2 is 1.95 bits per heavy atom. The molecule has 1 N–H and O–H groups in total. The number of amides is 2. The van der Waals surface area contributed by atoms with Crippen LogP contribution in [0, 0.1) is 0 Å². The van der Waals surface area contributed by atoms with Gasteiger partial charge in [0.25, 0.3) is 0 Å². The lowest BCUT2D eigenvalue weighted by atomic mass is 10.2. The minimum absolute atomic E-state index is 0.137. The molecule has 0 bridgehead atoms. The predicted octanol–water partition coefficient (Wildman–Crippen LogP) is 2.16.